The molecule has 2 aromatic rings. The van der Waals surface area contributed by atoms with E-state index in [4.69, 9.17) is 4.74 Å². The zero-order valence-corrected chi connectivity index (χ0v) is 21.4. The van der Waals surface area contributed by atoms with Crippen LogP contribution in [0.5, 0.6) is 5.75 Å². The van der Waals surface area contributed by atoms with E-state index < -0.39 is 11.2 Å². The van der Waals surface area contributed by atoms with Gasteiger partial charge in [-0.25, -0.2) is 0 Å². The van der Waals surface area contributed by atoms with E-state index in [2.05, 4.69) is 31.3 Å². The fraction of sp³-hybridized carbons (Fsp3) is 0.536. The Morgan fingerprint density at radius 3 is 2.09 bits per heavy atom. The lowest BCUT2D eigenvalue weighted by atomic mass is 9.73. The Morgan fingerprint density at radius 2 is 1.59 bits per heavy atom. The van der Waals surface area contributed by atoms with Crippen LogP contribution >= 0.6 is 0 Å². The first kappa shape index (κ1) is 24.3. The van der Waals surface area contributed by atoms with Crippen LogP contribution in [0.3, 0.4) is 0 Å². The lowest BCUT2D eigenvalue weighted by Crippen LogP contribution is -2.47. The highest BCUT2D eigenvalue weighted by Crippen LogP contribution is 2.57. The molecule has 0 saturated carbocycles. The molecule has 1 atom stereocenters. The quantitative estimate of drug-likeness (QED) is 0.573. The average molecular weight is 438 g/mol. The van der Waals surface area contributed by atoms with E-state index >= 15 is 0 Å². The number of carbonyl (C=O) groups excluding carboxylic acids is 1. The molecule has 1 aliphatic rings. The molecule has 0 saturated heterocycles. The van der Waals surface area contributed by atoms with Crippen molar-refractivity contribution in [3.05, 3.63) is 57.6 Å². The van der Waals surface area contributed by atoms with Gasteiger partial charge in [-0.05, 0) is 73.8 Å². The Labute approximate surface area is 193 Å². The van der Waals surface area contributed by atoms with Gasteiger partial charge in [0.1, 0.15) is 5.60 Å². The summed E-state index contributed by atoms with van der Waals surface area (Å²) in [6.07, 6.45) is 0.401. The van der Waals surface area contributed by atoms with Crippen LogP contribution in [-0.4, -0.2) is 16.6 Å². The number of ether oxygens (including phenoxy) is 1. The summed E-state index contributed by atoms with van der Waals surface area (Å²) in [5, 5.41) is 15.4. The largest absolute Gasteiger partial charge is 0.481 e. The minimum Gasteiger partial charge on any atom is -0.481 e. The molecule has 2 aromatic carbocycles. The summed E-state index contributed by atoms with van der Waals surface area (Å²) in [5.74, 6) is 0.938. The van der Waals surface area contributed by atoms with Crippen molar-refractivity contribution < 1.29 is 14.6 Å². The number of carbonyl (C=O) groups is 1. The maximum absolute atomic E-state index is 12.8. The highest BCUT2D eigenvalue weighted by Gasteiger charge is 2.57. The van der Waals surface area contributed by atoms with Crippen molar-refractivity contribution in [3.8, 4) is 5.75 Å². The van der Waals surface area contributed by atoms with Crippen LogP contribution in [-0.2, 0) is 10.4 Å². The second-order valence-electron chi connectivity index (χ2n) is 11.3. The number of hydrogen-bond acceptors (Lipinski definition) is 3. The van der Waals surface area contributed by atoms with Gasteiger partial charge in [0.05, 0.1) is 5.69 Å². The number of fused-ring (bicyclic) bond motifs is 1. The number of hydrogen-bond donors (Lipinski definition) is 2. The Morgan fingerprint density at radius 1 is 1.03 bits per heavy atom. The van der Waals surface area contributed by atoms with E-state index in [1.807, 2.05) is 67.5 Å². The van der Waals surface area contributed by atoms with Crippen molar-refractivity contribution in [2.45, 2.75) is 92.8 Å². The summed E-state index contributed by atoms with van der Waals surface area (Å²) in [6.45, 7) is 20.3. The molecule has 174 valence electrons. The number of benzene rings is 2. The lowest BCUT2D eigenvalue weighted by molar-refractivity contribution is -0.117. The van der Waals surface area contributed by atoms with Gasteiger partial charge in [-0.15, -0.1) is 0 Å². The third kappa shape index (κ3) is 3.94. The standard InChI is InChI=1S/C28H39NO3/c1-16(2)20-11-13-21(14-12-20)28(31)23-18(4)17(3)19(5)24(25(23)32-27(28,9)10)29-22(30)15-26(6,7)8/h11-14,16,31H,15H2,1-10H3,(H,29,30). The van der Waals surface area contributed by atoms with Crippen molar-refractivity contribution in [2.75, 3.05) is 5.32 Å². The zero-order valence-electron chi connectivity index (χ0n) is 21.4. The topological polar surface area (TPSA) is 58.6 Å². The molecule has 1 unspecified atom stereocenters. The number of nitrogens with one attached hydrogen (secondary N) is 1. The maximum Gasteiger partial charge on any atom is 0.225 e. The Bertz CT molecular complexity index is 1040. The van der Waals surface area contributed by atoms with Crippen LogP contribution < -0.4 is 10.1 Å². The van der Waals surface area contributed by atoms with E-state index in [1.54, 1.807) is 0 Å². The lowest BCUT2D eigenvalue weighted by Gasteiger charge is -2.36. The molecule has 1 aliphatic heterocycles. The fourth-order valence-electron chi connectivity index (χ4n) is 4.71. The van der Waals surface area contributed by atoms with Crippen molar-refractivity contribution >= 4 is 11.6 Å². The summed E-state index contributed by atoms with van der Waals surface area (Å²) in [4.78, 5) is 12.8. The molecule has 3 rings (SSSR count). The van der Waals surface area contributed by atoms with Crippen LogP contribution in [0.2, 0.25) is 0 Å². The monoisotopic (exact) mass is 437 g/mol. The smallest absolute Gasteiger partial charge is 0.225 e. The van der Waals surface area contributed by atoms with Crippen LogP contribution in [0.15, 0.2) is 24.3 Å². The van der Waals surface area contributed by atoms with E-state index in [-0.39, 0.29) is 11.3 Å². The summed E-state index contributed by atoms with van der Waals surface area (Å²) < 4.78 is 6.46. The molecule has 4 heteroatoms. The summed E-state index contributed by atoms with van der Waals surface area (Å²) in [5.41, 5.74) is 4.06. The molecule has 0 bridgehead atoms. The molecular formula is C28H39NO3. The first-order valence-electron chi connectivity index (χ1n) is 11.6. The molecule has 2 N–H and O–H groups in total. The molecule has 0 fully saturated rings. The van der Waals surface area contributed by atoms with Gasteiger partial charge in [-0.3, -0.25) is 4.79 Å². The van der Waals surface area contributed by atoms with E-state index in [9.17, 15) is 9.90 Å². The molecule has 0 aliphatic carbocycles. The van der Waals surface area contributed by atoms with Crippen molar-refractivity contribution in [1.82, 2.24) is 0 Å². The van der Waals surface area contributed by atoms with Crippen LogP contribution in [0.4, 0.5) is 5.69 Å². The van der Waals surface area contributed by atoms with Crippen molar-refractivity contribution in [3.63, 3.8) is 0 Å². The van der Waals surface area contributed by atoms with Gasteiger partial charge in [0.2, 0.25) is 5.91 Å². The minimum atomic E-state index is -1.34. The fourth-order valence-corrected chi connectivity index (χ4v) is 4.71. The van der Waals surface area contributed by atoms with E-state index in [0.717, 1.165) is 27.8 Å². The van der Waals surface area contributed by atoms with E-state index in [0.29, 0.717) is 23.8 Å². The third-order valence-corrected chi connectivity index (χ3v) is 6.87. The molecule has 0 radical (unpaired) electrons. The van der Waals surface area contributed by atoms with Gasteiger partial charge >= 0.3 is 0 Å². The number of rotatable bonds is 4. The Hall–Kier alpha value is -2.33. The predicted molar refractivity (Wildman–Crippen MR) is 132 cm³/mol. The van der Waals surface area contributed by atoms with Gasteiger partial charge in [0.25, 0.3) is 0 Å². The Balaban J connectivity index is 2.21. The van der Waals surface area contributed by atoms with Gasteiger partial charge in [0.15, 0.2) is 11.4 Å². The van der Waals surface area contributed by atoms with E-state index in [1.165, 1.54) is 5.56 Å². The molecule has 32 heavy (non-hydrogen) atoms. The molecule has 1 amide bonds. The normalized spacial score (nSPS) is 19.6. The number of anilines is 1. The number of aliphatic hydroxyl groups is 1. The van der Waals surface area contributed by atoms with Crippen LogP contribution in [0.25, 0.3) is 0 Å². The number of amides is 1. The van der Waals surface area contributed by atoms with Gasteiger partial charge in [0, 0.05) is 12.0 Å². The van der Waals surface area contributed by atoms with Gasteiger partial charge in [-0.2, -0.15) is 0 Å². The third-order valence-electron chi connectivity index (χ3n) is 6.87. The van der Waals surface area contributed by atoms with Crippen molar-refractivity contribution in [2.24, 2.45) is 5.41 Å². The summed E-state index contributed by atoms with van der Waals surface area (Å²) in [6, 6.07) is 8.16. The molecule has 4 nitrogen and oxygen atoms in total. The molecule has 0 spiro atoms. The van der Waals surface area contributed by atoms with Crippen LogP contribution in [0.1, 0.15) is 94.2 Å². The SMILES string of the molecule is Cc1c(C)c(NC(=O)CC(C)(C)C)c2c(c1C)C(O)(c1ccc(C(C)C)cc1)C(C)(C)O2. The predicted octanol–water partition coefficient (Wildman–Crippen LogP) is 6.52. The van der Waals surface area contributed by atoms with Gasteiger partial charge in [-0.1, -0.05) is 58.9 Å². The zero-order chi connectivity index (χ0) is 24.2. The van der Waals surface area contributed by atoms with Gasteiger partial charge < -0.3 is 15.2 Å². The highest BCUT2D eigenvalue weighted by atomic mass is 16.5. The maximum atomic E-state index is 12.8. The summed E-state index contributed by atoms with van der Waals surface area (Å²) >= 11 is 0. The minimum absolute atomic E-state index is 0.0517. The van der Waals surface area contributed by atoms with Crippen molar-refractivity contribution in [1.29, 1.82) is 0 Å². The summed E-state index contributed by atoms with van der Waals surface area (Å²) in [7, 11) is 0. The van der Waals surface area contributed by atoms with Crippen LogP contribution in [0, 0.1) is 26.2 Å². The first-order valence-corrected chi connectivity index (χ1v) is 11.6. The average Bonchev–Trinajstić information content (AvgIpc) is 2.89. The highest BCUT2D eigenvalue weighted by molar-refractivity contribution is 5.95. The molecular weight excluding hydrogens is 398 g/mol. The second-order valence-corrected chi connectivity index (χ2v) is 11.3. The second kappa shape index (κ2) is 7.91. The first-order chi connectivity index (χ1) is 14.6. The molecule has 1 heterocycles. The Kier molecular flexibility index (Phi) is 6.01. The molecule has 0 aromatic heterocycles.